The number of carbonyl (C=O) groups is 1. The smallest absolute Gasteiger partial charge is 0.268 e. The van der Waals surface area contributed by atoms with Crippen LogP contribution >= 0.6 is 11.3 Å². The standard InChI is InChI=1S/C14H14N4OS/c1-8-17-11(7-20-8)6-16-14(19)13-5-9-4-10(15)2-3-12(9)18-13/h2-5,7,18H,6,15H2,1H3,(H,16,19). The fourth-order valence-corrected chi connectivity index (χ4v) is 2.64. The summed E-state index contributed by atoms with van der Waals surface area (Å²) in [7, 11) is 0. The van der Waals surface area contributed by atoms with Crippen LogP contribution in [0.4, 0.5) is 5.69 Å². The Hall–Kier alpha value is -2.34. The summed E-state index contributed by atoms with van der Waals surface area (Å²) in [6.07, 6.45) is 0. The molecular formula is C14H14N4OS. The number of carbonyl (C=O) groups excluding carboxylic acids is 1. The fourth-order valence-electron chi connectivity index (χ4n) is 2.03. The van der Waals surface area contributed by atoms with Crippen molar-refractivity contribution in [3.63, 3.8) is 0 Å². The minimum atomic E-state index is -0.148. The first-order valence-corrected chi connectivity index (χ1v) is 7.07. The Kier molecular flexibility index (Phi) is 3.15. The van der Waals surface area contributed by atoms with Crippen LogP contribution in [0.25, 0.3) is 10.9 Å². The van der Waals surface area contributed by atoms with Gasteiger partial charge in [-0.05, 0) is 31.2 Å². The number of hydrogen-bond donors (Lipinski definition) is 3. The number of amides is 1. The molecule has 3 rings (SSSR count). The second kappa shape index (κ2) is 4.97. The van der Waals surface area contributed by atoms with E-state index in [2.05, 4.69) is 15.3 Å². The molecule has 0 saturated heterocycles. The Labute approximate surface area is 119 Å². The number of aromatic amines is 1. The van der Waals surface area contributed by atoms with E-state index in [0.717, 1.165) is 21.6 Å². The summed E-state index contributed by atoms with van der Waals surface area (Å²) in [4.78, 5) is 19.5. The highest BCUT2D eigenvalue weighted by atomic mass is 32.1. The molecule has 0 aliphatic rings. The molecule has 1 amide bonds. The van der Waals surface area contributed by atoms with Gasteiger partial charge in [0, 0.05) is 22.0 Å². The van der Waals surface area contributed by atoms with Crippen LogP contribution in [-0.2, 0) is 6.54 Å². The van der Waals surface area contributed by atoms with E-state index < -0.39 is 0 Å². The lowest BCUT2D eigenvalue weighted by Gasteiger charge is -2.00. The fraction of sp³-hybridized carbons (Fsp3) is 0.143. The number of nitrogen functional groups attached to an aromatic ring is 1. The zero-order valence-electron chi connectivity index (χ0n) is 10.9. The van der Waals surface area contributed by atoms with E-state index in [1.165, 1.54) is 0 Å². The SMILES string of the molecule is Cc1nc(CNC(=O)c2cc3cc(N)ccc3[nH]2)cs1. The van der Waals surface area contributed by atoms with Gasteiger partial charge in [0.15, 0.2) is 0 Å². The van der Waals surface area contributed by atoms with Crippen molar-refractivity contribution in [1.29, 1.82) is 0 Å². The van der Waals surface area contributed by atoms with Gasteiger partial charge >= 0.3 is 0 Å². The third kappa shape index (κ3) is 2.50. The van der Waals surface area contributed by atoms with Gasteiger partial charge in [-0.1, -0.05) is 0 Å². The van der Waals surface area contributed by atoms with Crippen molar-refractivity contribution in [2.75, 3.05) is 5.73 Å². The number of nitrogens with one attached hydrogen (secondary N) is 2. The summed E-state index contributed by atoms with van der Waals surface area (Å²) in [6, 6.07) is 7.31. The molecule has 0 aliphatic carbocycles. The van der Waals surface area contributed by atoms with Crippen LogP contribution < -0.4 is 11.1 Å². The lowest BCUT2D eigenvalue weighted by molar-refractivity contribution is 0.0946. The number of H-pyrrole nitrogens is 1. The van der Waals surface area contributed by atoms with Gasteiger partial charge in [-0.25, -0.2) is 4.98 Å². The number of fused-ring (bicyclic) bond motifs is 1. The molecule has 0 aliphatic heterocycles. The number of nitrogens with two attached hydrogens (primary N) is 1. The van der Waals surface area contributed by atoms with Crippen LogP contribution in [-0.4, -0.2) is 15.9 Å². The molecular weight excluding hydrogens is 272 g/mol. The quantitative estimate of drug-likeness (QED) is 0.647. The summed E-state index contributed by atoms with van der Waals surface area (Å²) in [5.41, 5.74) is 8.71. The molecule has 6 heteroatoms. The van der Waals surface area contributed by atoms with Crippen molar-refractivity contribution in [1.82, 2.24) is 15.3 Å². The lowest BCUT2D eigenvalue weighted by Crippen LogP contribution is -2.23. The molecule has 2 aromatic heterocycles. The highest BCUT2D eigenvalue weighted by molar-refractivity contribution is 7.09. The Morgan fingerprint density at radius 1 is 1.45 bits per heavy atom. The Morgan fingerprint density at radius 3 is 3.05 bits per heavy atom. The minimum Gasteiger partial charge on any atom is -0.399 e. The van der Waals surface area contributed by atoms with Crippen LogP contribution in [0.1, 0.15) is 21.2 Å². The van der Waals surface area contributed by atoms with Crippen molar-refractivity contribution < 1.29 is 4.79 Å². The van der Waals surface area contributed by atoms with E-state index in [0.29, 0.717) is 17.9 Å². The van der Waals surface area contributed by atoms with Crippen molar-refractivity contribution in [2.24, 2.45) is 0 Å². The summed E-state index contributed by atoms with van der Waals surface area (Å²) < 4.78 is 0. The normalized spacial score (nSPS) is 10.8. The monoisotopic (exact) mass is 286 g/mol. The van der Waals surface area contributed by atoms with Gasteiger partial charge in [-0.3, -0.25) is 4.79 Å². The van der Waals surface area contributed by atoms with Gasteiger partial charge in [-0.2, -0.15) is 0 Å². The van der Waals surface area contributed by atoms with Crippen molar-refractivity contribution in [3.05, 3.63) is 46.0 Å². The number of benzene rings is 1. The number of thiazole rings is 1. The summed E-state index contributed by atoms with van der Waals surface area (Å²) >= 11 is 1.57. The van der Waals surface area contributed by atoms with Gasteiger partial charge < -0.3 is 16.0 Å². The zero-order valence-corrected chi connectivity index (χ0v) is 11.8. The van der Waals surface area contributed by atoms with Gasteiger partial charge in [0.05, 0.1) is 17.2 Å². The number of anilines is 1. The first-order valence-electron chi connectivity index (χ1n) is 6.19. The lowest BCUT2D eigenvalue weighted by atomic mass is 10.2. The highest BCUT2D eigenvalue weighted by Crippen LogP contribution is 2.18. The second-order valence-corrected chi connectivity index (χ2v) is 5.63. The largest absolute Gasteiger partial charge is 0.399 e. The molecule has 20 heavy (non-hydrogen) atoms. The molecule has 5 nitrogen and oxygen atoms in total. The van der Waals surface area contributed by atoms with E-state index in [9.17, 15) is 4.79 Å². The Morgan fingerprint density at radius 2 is 2.30 bits per heavy atom. The topological polar surface area (TPSA) is 83.8 Å². The Bertz CT molecular complexity index is 774. The maximum absolute atomic E-state index is 12.1. The van der Waals surface area contributed by atoms with Gasteiger partial charge in [0.2, 0.25) is 0 Å². The highest BCUT2D eigenvalue weighted by Gasteiger charge is 2.10. The Balaban J connectivity index is 1.75. The first kappa shape index (κ1) is 12.7. The maximum Gasteiger partial charge on any atom is 0.268 e. The molecule has 1 aromatic carbocycles. The number of aryl methyl sites for hydroxylation is 1. The number of rotatable bonds is 3. The number of hydrogen-bond acceptors (Lipinski definition) is 4. The van der Waals surface area contributed by atoms with Crippen LogP contribution in [0, 0.1) is 6.92 Å². The molecule has 0 fully saturated rings. The predicted octanol–water partition coefficient (Wildman–Crippen LogP) is 2.45. The molecule has 0 saturated carbocycles. The molecule has 0 atom stereocenters. The molecule has 3 aromatic rings. The maximum atomic E-state index is 12.1. The van der Waals surface area contributed by atoms with Crippen molar-refractivity contribution in [2.45, 2.75) is 13.5 Å². The van der Waals surface area contributed by atoms with Gasteiger partial charge in [0.1, 0.15) is 5.69 Å². The average Bonchev–Trinajstić information content (AvgIpc) is 3.01. The van der Waals surface area contributed by atoms with Crippen LogP contribution in [0.2, 0.25) is 0 Å². The van der Waals surface area contributed by atoms with E-state index in [1.54, 1.807) is 23.5 Å². The third-order valence-electron chi connectivity index (χ3n) is 2.99. The van der Waals surface area contributed by atoms with E-state index >= 15 is 0 Å². The molecule has 102 valence electrons. The second-order valence-electron chi connectivity index (χ2n) is 4.57. The number of aromatic nitrogens is 2. The van der Waals surface area contributed by atoms with Gasteiger partial charge in [0.25, 0.3) is 5.91 Å². The molecule has 0 bridgehead atoms. The van der Waals surface area contributed by atoms with Crippen LogP contribution in [0.5, 0.6) is 0 Å². The predicted molar refractivity (Wildman–Crippen MR) is 80.7 cm³/mol. The summed E-state index contributed by atoms with van der Waals surface area (Å²) in [5, 5.41) is 6.72. The zero-order chi connectivity index (χ0) is 14.1. The van der Waals surface area contributed by atoms with Crippen LogP contribution in [0.3, 0.4) is 0 Å². The van der Waals surface area contributed by atoms with Crippen LogP contribution in [0.15, 0.2) is 29.6 Å². The summed E-state index contributed by atoms with van der Waals surface area (Å²) in [6.45, 7) is 2.37. The summed E-state index contributed by atoms with van der Waals surface area (Å²) in [5.74, 6) is -0.148. The van der Waals surface area contributed by atoms with Crippen molar-refractivity contribution in [3.8, 4) is 0 Å². The molecule has 0 radical (unpaired) electrons. The third-order valence-corrected chi connectivity index (χ3v) is 3.81. The minimum absolute atomic E-state index is 0.148. The van der Waals surface area contributed by atoms with Crippen molar-refractivity contribution >= 4 is 33.8 Å². The van der Waals surface area contributed by atoms with E-state index in [1.807, 2.05) is 24.4 Å². The molecule has 2 heterocycles. The average molecular weight is 286 g/mol. The van der Waals surface area contributed by atoms with E-state index in [-0.39, 0.29) is 5.91 Å². The van der Waals surface area contributed by atoms with E-state index in [4.69, 9.17) is 5.73 Å². The first-order chi connectivity index (χ1) is 9.61. The molecule has 4 N–H and O–H groups in total. The molecule has 0 unspecified atom stereocenters. The van der Waals surface area contributed by atoms with Gasteiger partial charge in [-0.15, -0.1) is 11.3 Å². The number of nitrogens with zero attached hydrogens (tertiary/aromatic N) is 1. The molecule has 0 spiro atoms.